The topological polar surface area (TPSA) is 15.6 Å². The molecule has 1 aliphatic heterocycles. The predicted octanol–water partition coefficient (Wildman–Crippen LogP) is 3.15. The molecule has 0 unspecified atom stereocenters. The Morgan fingerprint density at radius 1 is 1.27 bits per heavy atom. The molecule has 1 rings (SSSR count). The van der Waals surface area contributed by atoms with Crippen molar-refractivity contribution in [1.82, 2.24) is 4.90 Å². The summed E-state index contributed by atoms with van der Waals surface area (Å²) in [7, 11) is 0. The first-order chi connectivity index (χ1) is 7.33. The Morgan fingerprint density at radius 3 is 2.67 bits per heavy atom. The van der Waals surface area contributed by atoms with Crippen LogP contribution in [0, 0.1) is 0 Å². The minimum absolute atomic E-state index is 1.03. The SMILES string of the molecule is C=C\C=C/N=C(C)/C=C/N1CCCCC1. The first-order valence-electron chi connectivity index (χ1n) is 5.57. The van der Waals surface area contributed by atoms with Crippen LogP contribution in [-0.2, 0) is 0 Å². The van der Waals surface area contributed by atoms with E-state index in [0.29, 0.717) is 0 Å². The van der Waals surface area contributed by atoms with Gasteiger partial charge in [0, 0.05) is 31.2 Å². The summed E-state index contributed by atoms with van der Waals surface area (Å²) in [5.74, 6) is 0. The molecule has 2 nitrogen and oxygen atoms in total. The molecule has 15 heavy (non-hydrogen) atoms. The van der Waals surface area contributed by atoms with Crippen LogP contribution in [0.4, 0.5) is 0 Å². The van der Waals surface area contributed by atoms with Crippen LogP contribution in [0.3, 0.4) is 0 Å². The standard InChI is InChI=1S/C13H20N2/c1-3-4-9-14-13(2)8-12-15-10-6-5-7-11-15/h3-4,8-9,12H,1,5-7,10-11H2,2H3/b9-4-,12-8+,14-13+. The molecular weight excluding hydrogens is 184 g/mol. The van der Waals surface area contributed by atoms with E-state index in [1.165, 1.54) is 32.4 Å². The molecule has 1 fully saturated rings. The number of hydrogen-bond donors (Lipinski definition) is 0. The summed E-state index contributed by atoms with van der Waals surface area (Å²) >= 11 is 0. The Bertz CT molecular complexity index is 268. The van der Waals surface area contributed by atoms with E-state index in [4.69, 9.17) is 0 Å². The van der Waals surface area contributed by atoms with E-state index >= 15 is 0 Å². The highest BCUT2D eigenvalue weighted by Gasteiger charge is 2.04. The Kier molecular flexibility index (Phi) is 5.52. The van der Waals surface area contributed by atoms with E-state index in [1.54, 1.807) is 12.3 Å². The zero-order valence-electron chi connectivity index (χ0n) is 9.52. The molecule has 0 aromatic heterocycles. The largest absolute Gasteiger partial charge is 0.377 e. The van der Waals surface area contributed by atoms with Gasteiger partial charge < -0.3 is 4.90 Å². The molecule has 0 radical (unpaired) electrons. The van der Waals surface area contributed by atoms with E-state index in [1.807, 2.05) is 13.0 Å². The number of nitrogens with zero attached hydrogens (tertiary/aromatic N) is 2. The van der Waals surface area contributed by atoms with Crippen LogP contribution in [-0.4, -0.2) is 23.7 Å². The van der Waals surface area contributed by atoms with E-state index in [-0.39, 0.29) is 0 Å². The molecule has 0 saturated carbocycles. The van der Waals surface area contributed by atoms with E-state index in [2.05, 4.69) is 28.7 Å². The van der Waals surface area contributed by atoms with Crippen LogP contribution < -0.4 is 0 Å². The lowest BCUT2D eigenvalue weighted by Crippen LogP contribution is -2.24. The van der Waals surface area contributed by atoms with Crippen molar-refractivity contribution < 1.29 is 0 Å². The second-order valence-corrected chi connectivity index (χ2v) is 3.76. The summed E-state index contributed by atoms with van der Waals surface area (Å²) in [5.41, 5.74) is 1.03. The predicted molar refractivity (Wildman–Crippen MR) is 67.0 cm³/mol. The van der Waals surface area contributed by atoms with Gasteiger partial charge >= 0.3 is 0 Å². The molecular formula is C13H20N2. The molecule has 1 saturated heterocycles. The van der Waals surface area contributed by atoms with Crippen molar-refractivity contribution in [3.63, 3.8) is 0 Å². The first kappa shape index (κ1) is 11.8. The fourth-order valence-electron chi connectivity index (χ4n) is 1.55. The van der Waals surface area contributed by atoms with Crippen LogP contribution in [0.15, 0.2) is 42.2 Å². The molecule has 0 aromatic rings. The van der Waals surface area contributed by atoms with E-state index < -0.39 is 0 Å². The maximum absolute atomic E-state index is 4.25. The van der Waals surface area contributed by atoms with Gasteiger partial charge in [0.1, 0.15) is 0 Å². The summed E-state index contributed by atoms with van der Waals surface area (Å²) in [6, 6.07) is 0. The van der Waals surface area contributed by atoms with Gasteiger partial charge in [-0.25, -0.2) is 0 Å². The molecule has 0 aliphatic carbocycles. The van der Waals surface area contributed by atoms with Gasteiger partial charge in [0.25, 0.3) is 0 Å². The molecule has 0 aromatic carbocycles. The van der Waals surface area contributed by atoms with Crippen LogP contribution >= 0.6 is 0 Å². The Hall–Kier alpha value is -1.31. The van der Waals surface area contributed by atoms with Crippen molar-refractivity contribution in [2.45, 2.75) is 26.2 Å². The first-order valence-corrected chi connectivity index (χ1v) is 5.57. The third-order valence-electron chi connectivity index (χ3n) is 2.42. The lowest BCUT2D eigenvalue weighted by Gasteiger charge is -2.24. The van der Waals surface area contributed by atoms with Gasteiger partial charge in [-0.1, -0.05) is 12.7 Å². The number of rotatable bonds is 4. The summed E-state index contributed by atoms with van der Waals surface area (Å²) in [6.45, 7) is 7.98. The smallest absolute Gasteiger partial charge is 0.0387 e. The highest BCUT2D eigenvalue weighted by atomic mass is 15.1. The van der Waals surface area contributed by atoms with Gasteiger partial charge in [-0.3, -0.25) is 4.99 Å². The number of piperidine rings is 1. The van der Waals surface area contributed by atoms with Crippen molar-refractivity contribution in [1.29, 1.82) is 0 Å². The van der Waals surface area contributed by atoms with Crippen LogP contribution in [0.2, 0.25) is 0 Å². The van der Waals surface area contributed by atoms with Crippen LogP contribution in [0.5, 0.6) is 0 Å². The summed E-state index contributed by atoms with van der Waals surface area (Å²) in [4.78, 5) is 6.61. The van der Waals surface area contributed by atoms with Crippen LogP contribution in [0.1, 0.15) is 26.2 Å². The minimum atomic E-state index is 1.03. The molecule has 2 heteroatoms. The molecule has 1 aliphatic rings. The third kappa shape index (κ3) is 5.21. The average molecular weight is 204 g/mol. The number of allylic oxidation sites excluding steroid dienone is 3. The van der Waals surface area contributed by atoms with Crippen molar-refractivity contribution in [2.24, 2.45) is 4.99 Å². The van der Waals surface area contributed by atoms with Gasteiger partial charge in [0.05, 0.1) is 0 Å². The number of aliphatic imine (C=N–C) groups is 1. The molecule has 1 heterocycles. The Labute approximate surface area is 92.7 Å². The molecule has 82 valence electrons. The monoisotopic (exact) mass is 204 g/mol. The molecule has 0 spiro atoms. The molecule has 0 atom stereocenters. The average Bonchev–Trinajstić information content (AvgIpc) is 2.28. The lowest BCUT2D eigenvalue weighted by molar-refractivity contribution is 0.310. The zero-order valence-corrected chi connectivity index (χ0v) is 9.52. The highest BCUT2D eigenvalue weighted by molar-refractivity contribution is 5.93. The quantitative estimate of drug-likeness (QED) is 0.507. The summed E-state index contributed by atoms with van der Waals surface area (Å²) < 4.78 is 0. The fourth-order valence-corrected chi connectivity index (χ4v) is 1.55. The van der Waals surface area contributed by atoms with Gasteiger partial charge in [-0.2, -0.15) is 0 Å². The molecule has 0 amide bonds. The van der Waals surface area contributed by atoms with Gasteiger partial charge in [-0.15, -0.1) is 0 Å². The van der Waals surface area contributed by atoms with Gasteiger partial charge in [0.2, 0.25) is 0 Å². The molecule has 0 N–H and O–H groups in total. The normalized spacial score (nSPS) is 19.0. The summed E-state index contributed by atoms with van der Waals surface area (Å²) in [6.07, 6.45) is 13.6. The zero-order chi connectivity index (χ0) is 10.9. The highest BCUT2D eigenvalue weighted by Crippen LogP contribution is 2.08. The van der Waals surface area contributed by atoms with Gasteiger partial charge in [0.15, 0.2) is 0 Å². The Balaban J connectivity index is 2.37. The van der Waals surface area contributed by atoms with Crippen molar-refractivity contribution in [2.75, 3.05) is 13.1 Å². The van der Waals surface area contributed by atoms with E-state index in [0.717, 1.165) is 5.71 Å². The lowest BCUT2D eigenvalue weighted by atomic mass is 10.1. The minimum Gasteiger partial charge on any atom is -0.377 e. The summed E-state index contributed by atoms with van der Waals surface area (Å²) in [5, 5.41) is 0. The number of likely N-dealkylation sites (tertiary alicyclic amines) is 1. The second kappa shape index (κ2) is 7.04. The second-order valence-electron chi connectivity index (χ2n) is 3.76. The van der Waals surface area contributed by atoms with Crippen LogP contribution in [0.25, 0.3) is 0 Å². The van der Waals surface area contributed by atoms with Crippen molar-refractivity contribution >= 4 is 5.71 Å². The van der Waals surface area contributed by atoms with Crippen molar-refractivity contribution in [3.8, 4) is 0 Å². The third-order valence-corrected chi connectivity index (χ3v) is 2.42. The van der Waals surface area contributed by atoms with E-state index in [9.17, 15) is 0 Å². The maximum Gasteiger partial charge on any atom is 0.0387 e. The van der Waals surface area contributed by atoms with Gasteiger partial charge in [-0.05, 0) is 38.3 Å². The Morgan fingerprint density at radius 2 is 2.00 bits per heavy atom. The van der Waals surface area contributed by atoms with Crippen molar-refractivity contribution in [3.05, 3.63) is 37.2 Å². The fraction of sp³-hybridized carbons (Fsp3) is 0.462. The maximum atomic E-state index is 4.25. The molecule has 0 bridgehead atoms. The number of hydrogen-bond acceptors (Lipinski definition) is 2.